The molecule has 1 amide bonds. The van der Waals surface area contributed by atoms with Crippen LogP contribution in [0.5, 0.6) is 0 Å². The molecule has 2 rings (SSSR count). The van der Waals surface area contributed by atoms with Crippen LogP contribution in [0.1, 0.15) is 26.7 Å². The Balaban J connectivity index is 2.13. The molecule has 0 aliphatic heterocycles. The predicted molar refractivity (Wildman–Crippen MR) is 72.2 cm³/mol. The molecule has 0 atom stereocenters. The average molecular weight is 262 g/mol. The molecule has 102 valence electrons. The van der Waals surface area contributed by atoms with Crippen LogP contribution in [0.25, 0.3) is 11.2 Å². The zero-order chi connectivity index (χ0) is 13.8. The Morgan fingerprint density at radius 2 is 2.11 bits per heavy atom. The molecule has 0 bridgehead atoms. The molecule has 0 spiro atoms. The van der Waals surface area contributed by atoms with E-state index in [2.05, 4.69) is 34.1 Å². The molecule has 0 saturated carbocycles. The van der Waals surface area contributed by atoms with Gasteiger partial charge in [0.2, 0.25) is 5.91 Å². The molecule has 0 aromatic carbocycles. The van der Waals surface area contributed by atoms with E-state index in [0.717, 1.165) is 12.8 Å². The number of rotatable bonds is 5. The van der Waals surface area contributed by atoms with E-state index in [4.69, 9.17) is 5.73 Å². The topological polar surface area (TPSA) is 98.7 Å². The minimum Gasteiger partial charge on any atom is -0.382 e. The van der Waals surface area contributed by atoms with Crippen LogP contribution in [-0.2, 0) is 11.3 Å². The van der Waals surface area contributed by atoms with Crippen molar-refractivity contribution in [2.75, 3.05) is 5.73 Å². The summed E-state index contributed by atoms with van der Waals surface area (Å²) >= 11 is 0. The number of hydrogen-bond donors (Lipinski definition) is 2. The van der Waals surface area contributed by atoms with Crippen molar-refractivity contribution in [1.29, 1.82) is 0 Å². The summed E-state index contributed by atoms with van der Waals surface area (Å²) in [6.07, 6.45) is 4.76. The number of nitrogen functional groups attached to an aromatic ring is 1. The van der Waals surface area contributed by atoms with Gasteiger partial charge in [-0.1, -0.05) is 13.8 Å². The summed E-state index contributed by atoms with van der Waals surface area (Å²) in [4.78, 5) is 24.0. The van der Waals surface area contributed by atoms with Gasteiger partial charge in [0, 0.05) is 6.04 Å². The lowest BCUT2D eigenvalue weighted by Gasteiger charge is -2.14. The van der Waals surface area contributed by atoms with Crippen LogP contribution in [0.3, 0.4) is 0 Å². The molecular weight excluding hydrogens is 244 g/mol. The second-order valence-corrected chi connectivity index (χ2v) is 4.38. The summed E-state index contributed by atoms with van der Waals surface area (Å²) in [6, 6.07) is 0.210. The number of carbonyl (C=O) groups is 1. The van der Waals surface area contributed by atoms with Crippen LogP contribution in [0, 0.1) is 0 Å². The summed E-state index contributed by atoms with van der Waals surface area (Å²) in [5.74, 6) is 0.273. The molecule has 0 saturated heterocycles. The van der Waals surface area contributed by atoms with Gasteiger partial charge in [0.15, 0.2) is 11.5 Å². The molecule has 7 heteroatoms. The molecular formula is C12H18N6O. The van der Waals surface area contributed by atoms with Gasteiger partial charge in [-0.05, 0) is 12.8 Å². The van der Waals surface area contributed by atoms with E-state index in [1.165, 1.54) is 6.33 Å². The van der Waals surface area contributed by atoms with Gasteiger partial charge in [0.05, 0.1) is 6.33 Å². The SMILES string of the molecule is CCC(CC)NC(=O)Cn1cnc2c(N)ncnc21. The van der Waals surface area contributed by atoms with Crippen LogP contribution >= 0.6 is 0 Å². The normalized spacial score (nSPS) is 11.1. The molecule has 2 heterocycles. The fourth-order valence-electron chi connectivity index (χ4n) is 1.94. The van der Waals surface area contributed by atoms with E-state index < -0.39 is 0 Å². The highest BCUT2D eigenvalue weighted by atomic mass is 16.2. The maximum atomic E-state index is 11.9. The van der Waals surface area contributed by atoms with Gasteiger partial charge in [-0.3, -0.25) is 4.79 Å². The van der Waals surface area contributed by atoms with Crippen molar-refractivity contribution in [2.45, 2.75) is 39.3 Å². The van der Waals surface area contributed by atoms with E-state index in [1.54, 1.807) is 10.9 Å². The number of amides is 1. The Labute approximate surface area is 111 Å². The molecule has 2 aromatic heterocycles. The third-order valence-electron chi connectivity index (χ3n) is 3.09. The summed E-state index contributed by atoms with van der Waals surface area (Å²) in [7, 11) is 0. The van der Waals surface area contributed by atoms with E-state index in [9.17, 15) is 4.79 Å². The number of anilines is 1. The molecule has 2 aromatic rings. The van der Waals surface area contributed by atoms with Crippen molar-refractivity contribution in [3.05, 3.63) is 12.7 Å². The Kier molecular flexibility index (Phi) is 3.94. The molecule has 0 unspecified atom stereocenters. The van der Waals surface area contributed by atoms with Crippen LogP contribution in [0.15, 0.2) is 12.7 Å². The Hall–Kier alpha value is -2.18. The number of aromatic nitrogens is 4. The number of carbonyl (C=O) groups excluding carboxylic acids is 1. The van der Waals surface area contributed by atoms with E-state index in [0.29, 0.717) is 17.0 Å². The number of nitrogens with one attached hydrogen (secondary N) is 1. The molecule has 7 nitrogen and oxygen atoms in total. The summed E-state index contributed by atoms with van der Waals surface area (Å²) in [6.45, 7) is 4.29. The first-order valence-corrected chi connectivity index (χ1v) is 6.36. The minimum atomic E-state index is -0.0508. The fraction of sp³-hybridized carbons (Fsp3) is 0.500. The number of hydrogen-bond acceptors (Lipinski definition) is 5. The maximum Gasteiger partial charge on any atom is 0.240 e. The number of fused-ring (bicyclic) bond motifs is 1. The zero-order valence-corrected chi connectivity index (χ0v) is 11.1. The summed E-state index contributed by atoms with van der Waals surface area (Å²) in [5, 5.41) is 2.97. The predicted octanol–water partition coefficient (Wildman–Crippen LogP) is 0.713. The highest BCUT2D eigenvalue weighted by Crippen LogP contribution is 2.13. The Morgan fingerprint density at radius 1 is 1.37 bits per heavy atom. The van der Waals surface area contributed by atoms with Gasteiger partial charge in [-0.2, -0.15) is 0 Å². The second-order valence-electron chi connectivity index (χ2n) is 4.38. The van der Waals surface area contributed by atoms with Crippen LogP contribution in [0.2, 0.25) is 0 Å². The Bertz CT molecular complexity index is 575. The summed E-state index contributed by atoms with van der Waals surface area (Å²) < 4.78 is 1.67. The number of imidazole rings is 1. The minimum absolute atomic E-state index is 0.0508. The third kappa shape index (κ3) is 2.81. The van der Waals surface area contributed by atoms with Crippen molar-refractivity contribution < 1.29 is 4.79 Å². The lowest BCUT2D eigenvalue weighted by atomic mass is 10.2. The smallest absolute Gasteiger partial charge is 0.240 e. The molecule has 0 radical (unpaired) electrons. The monoisotopic (exact) mass is 262 g/mol. The number of nitrogens with zero attached hydrogens (tertiary/aromatic N) is 4. The van der Waals surface area contributed by atoms with Crippen molar-refractivity contribution in [1.82, 2.24) is 24.8 Å². The zero-order valence-electron chi connectivity index (χ0n) is 11.1. The lowest BCUT2D eigenvalue weighted by molar-refractivity contribution is -0.122. The van der Waals surface area contributed by atoms with E-state index in [-0.39, 0.29) is 18.5 Å². The first-order valence-electron chi connectivity index (χ1n) is 6.36. The molecule has 3 N–H and O–H groups in total. The molecule has 0 fully saturated rings. The third-order valence-corrected chi connectivity index (χ3v) is 3.09. The highest BCUT2D eigenvalue weighted by Gasteiger charge is 2.12. The first-order chi connectivity index (χ1) is 9.15. The van der Waals surface area contributed by atoms with Crippen molar-refractivity contribution >= 4 is 22.9 Å². The lowest BCUT2D eigenvalue weighted by Crippen LogP contribution is -2.36. The van der Waals surface area contributed by atoms with Crippen LogP contribution < -0.4 is 11.1 Å². The maximum absolute atomic E-state index is 11.9. The van der Waals surface area contributed by atoms with Gasteiger partial charge < -0.3 is 15.6 Å². The van der Waals surface area contributed by atoms with Gasteiger partial charge in [-0.15, -0.1) is 0 Å². The van der Waals surface area contributed by atoms with Crippen molar-refractivity contribution in [2.24, 2.45) is 0 Å². The van der Waals surface area contributed by atoms with E-state index >= 15 is 0 Å². The summed E-state index contributed by atoms with van der Waals surface area (Å²) in [5.41, 5.74) is 6.80. The van der Waals surface area contributed by atoms with Gasteiger partial charge in [-0.25, -0.2) is 15.0 Å². The quantitative estimate of drug-likeness (QED) is 0.827. The molecule has 0 aliphatic rings. The van der Waals surface area contributed by atoms with Crippen molar-refractivity contribution in [3.8, 4) is 0 Å². The van der Waals surface area contributed by atoms with Gasteiger partial charge in [0.25, 0.3) is 0 Å². The fourth-order valence-corrected chi connectivity index (χ4v) is 1.94. The standard InChI is InChI=1S/C12H18N6O/c1-3-8(4-2)17-9(19)5-18-7-16-10-11(13)14-6-15-12(10)18/h6-8H,3-5H2,1-2H3,(H,17,19)(H2,13,14,15). The van der Waals surface area contributed by atoms with E-state index in [1.807, 2.05) is 0 Å². The highest BCUT2D eigenvalue weighted by molar-refractivity contribution is 5.83. The van der Waals surface area contributed by atoms with Crippen LogP contribution in [0.4, 0.5) is 5.82 Å². The van der Waals surface area contributed by atoms with Crippen LogP contribution in [-0.4, -0.2) is 31.5 Å². The average Bonchev–Trinajstić information content (AvgIpc) is 2.81. The first kappa shape index (κ1) is 13.3. The molecule has 0 aliphatic carbocycles. The van der Waals surface area contributed by atoms with Crippen molar-refractivity contribution in [3.63, 3.8) is 0 Å². The molecule has 19 heavy (non-hydrogen) atoms. The number of nitrogens with two attached hydrogens (primary N) is 1. The Morgan fingerprint density at radius 3 is 2.79 bits per heavy atom. The van der Waals surface area contributed by atoms with Gasteiger partial charge >= 0.3 is 0 Å². The van der Waals surface area contributed by atoms with Gasteiger partial charge in [0.1, 0.15) is 18.4 Å². The largest absolute Gasteiger partial charge is 0.382 e. The second kappa shape index (κ2) is 5.64.